The van der Waals surface area contributed by atoms with Crippen LogP contribution >= 0.6 is 11.3 Å². The van der Waals surface area contributed by atoms with Gasteiger partial charge in [0, 0.05) is 30.9 Å². The van der Waals surface area contributed by atoms with Crippen LogP contribution in [-0.4, -0.2) is 84.6 Å². The topological polar surface area (TPSA) is 118 Å². The Bertz CT molecular complexity index is 1840. The Morgan fingerprint density at radius 3 is 2.40 bits per heavy atom. The van der Waals surface area contributed by atoms with Gasteiger partial charge in [0.2, 0.25) is 0 Å². The quantitative estimate of drug-likeness (QED) is 0.176. The zero-order valence-corrected chi connectivity index (χ0v) is 31.2. The molecule has 2 saturated heterocycles. The number of aromatic nitrogens is 2. The van der Waals surface area contributed by atoms with Gasteiger partial charge in [-0.05, 0) is 92.4 Å². The molecule has 2 amide bonds. The summed E-state index contributed by atoms with van der Waals surface area (Å²) in [6, 6.07) is 18.9. The number of anilines is 2. The second-order valence-electron chi connectivity index (χ2n) is 14.9. The summed E-state index contributed by atoms with van der Waals surface area (Å²) >= 11 is 1.21. The van der Waals surface area contributed by atoms with Crippen molar-refractivity contribution in [2.75, 3.05) is 56.2 Å². The van der Waals surface area contributed by atoms with Gasteiger partial charge in [0.1, 0.15) is 6.10 Å². The van der Waals surface area contributed by atoms with Crippen molar-refractivity contribution in [2.45, 2.75) is 65.0 Å². The SMILES string of the molecule is CC(C)[C@@H]1CC[C@@H](C)CC1OC(=O)n1nc(NC(=O)c2ccc(N3CCOCC3)cc2)c2sc(C(=O)N[C@H](CN3CCCC3)c3ccccc3)cc21. The average Bonchev–Trinajstić information content (AvgIpc) is 3.91. The first-order valence-electron chi connectivity index (χ1n) is 18.8. The number of hydrogen-bond donors (Lipinski definition) is 2. The summed E-state index contributed by atoms with van der Waals surface area (Å²) in [6.07, 6.45) is 4.36. The third-order valence-electron chi connectivity index (χ3n) is 10.9. The molecule has 11 nitrogen and oxygen atoms in total. The summed E-state index contributed by atoms with van der Waals surface area (Å²) in [5.41, 5.74) is 2.95. The lowest BCUT2D eigenvalue weighted by Crippen LogP contribution is -2.37. The van der Waals surface area contributed by atoms with E-state index < -0.39 is 6.09 Å². The van der Waals surface area contributed by atoms with Crippen LogP contribution in [-0.2, 0) is 9.47 Å². The van der Waals surface area contributed by atoms with E-state index in [9.17, 15) is 14.4 Å². The van der Waals surface area contributed by atoms with Crippen LogP contribution < -0.4 is 15.5 Å². The zero-order valence-electron chi connectivity index (χ0n) is 30.4. The smallest absolute Gasteiger partial charge is 0.435 e. The molecule has 52 heavy (non-hydrogen) atoms. The molecule has 0 spiro atoms. The molecular weight excluding hydrogens is 677 g/mol. The Hall–Kier alpha value is -4.26. The fourth-order valence-corrected chi connectivity index (χ4v) is 8.85. The first-order valence-corrected chi connectivity index (χ1v) is 19.6. The molecule has 2 aromatic heterocycles. The van der Waals surface area contributed by atoms with Gasteiger partial charge in [-0.15, -0.1) is 16.4 Å². The van der Waals surface area contributed by atoms with Crippen molar-refractivity contribution in [3.05, 3.63) is 76.7 Å². The number of carbonyl (C=O) groups is 3. The van der Waals surface area contributed by atoms with E-state index in [-0.39, 0.29) is 35.7 Å². The number of likely N-dealkylation sites (tertiary alicyclic amines) is 1. The zero-order chi connectivity index (χ0) is 36.2. The summed E-state index contributed by atoms with van der Waals surface area (Å²) in [5.74, 6) is 0.675. The Kier molecular flexibility index (Phi) is 11.2. The van der Waals surface area contributed by atoms with Gasteiger partial charge in [-0.3, -0.25) is 9.59 Å². The molecule has 0 radical (unpaired) electrons. The van der Waals surface area contributed by atoms with Crippen LogP contribution in [0.5, 0.6) is 0 Å². The number of thiophene rings is 1. The molecule has 2 aliphatic heterocycles. The maximum Gasteiger partial charge on any atom is 0.435 e. The standard InChI is InChI=1S/C40H50N6O5S/c1-26(2)31-16-11-27(3)23-34(31)51-40(49)46-33-24-35(39(48)41-32(25-44-17-7-8-18-44)28-9-5-4-6-10-28)52-36(33)37(43-46)42-38(47)29-12-14-30(15-13-29)45-19-21-50-22-20-45/h4-6,9-10,12-15,24,26-27,31-32,34H,7-8,11,16-23,25H2,1-3H3,(H,41,48)(H,42,43,47)/t27-,31+,32-,34?/m1/s1. The van der Waals surface area contributed by atoms with E-state index in [1.807, 2.05) is 42.5 Å². The van der Waals surface area contributed by atoms with Crippen LogP contribution in [0.1, 0.15) is 84.5 Å². The molecule has 2 aromatic carbocycles. The van der Waals surface area contributed by atoms with Gasteiger partial charge in [0.25, 0.3) is 11.8 Å². The number of rotatable bonds is 10. The highest BCUT2D eigenvalue weighted by atomic mass is 32.1. The van der Waals surface area contributed by atoms with Crippen molar-refractivity contribution in [3.63, 3.8) is 0 Å². The Morgan fingerprint density at radius 1 is 0.962 bits per heavy atom. The highest BCUT2D eigenvalue weighted by Gasteiger charge is 2.35. The number of benzene rings is 2. The maximum absolute atomic E-state index is 14.0. The number of amides is 2. The summed E-state index contributed by atoms with van der Waals surface area (Å²) in [5, 5.41) is 10.8. The minimum absolute atomic E-state index is 0.209. The molecular formula is C40H50N6O5S. The molecule has 1 aliphatic carbocycles. The molecule has 12 heteroatoms. The first-order chi connectivity index (χ1) is 25.2. The Balaban J connectivity index is 1.17. The van der Waals surface area contributed by atoms with E-state index in [2.05, 4.69) is 46.3 Å². The second-order valence-corrected chi connectivity index (χ2v) is 15.9. The van der Waals surface area contributed by atoms with E-state index in [1.54, 1.807) is 18.2 Å². The highest BCUT2D eigenvalue weighted by molar-refractivity contribution is 7.21. The fraction of sp³-hybridized carbons (Fsp3) is 0.500. The van der Waals surface area contributed by atoms with Crippen molar-refractivity contribution in [2.24, 2.45) is 17.8 Å². The lowest BCUT2D eigenvalue weighted by Gasteiger charge is -2.36. The molecule has 3 aliphatic rings. The fourth-order valence-electron chi connectivity index (χ4n) is 7.87. The maximum atomic E-state index is 14.0. The number of morpholine rings is 1. The van der Waals surface area contributed by atoms with E-state index >= 15 is 0 Å². The number of hydrogen-bond acceptors (Lipinski definition) is 9. The van der Waals surface area contributed by atoms with Gasteiger partial charge >= 0.3 is 6.09 Å². The number of nitrogens with zero attached hydrogens (tertiary/aromatic N) is 4. The van der Waals surface area contributed by atoms with Crippen LogP contribution in [0.25, 0.3) is 10.2 Å². The summed E-state index contributed by atoms with van der Waals surface area (Å²) < 4.78 is 13.4. The van der Waals surface area contributed by atoms with Crippen molar-refractivity contribution >= 4 is 51.0 Å². The lowest BCUT2D eigenvalue weighted by atomic mass is 9.75. The van der Waals surface area contributed by atoms with Crippen LogP contribution in [0.2, 0.25) is 0 Å². The number of carbonyl (C=O) groups excluding carboxylic acids is 3. The largest absolute Gasteiger partial charge is 0.444 e. The molecule has 276 valence electrons. The van der Waals surface area contributed by atoms with E-state index in [1.165, 1.54) is 16.0 Å². The molecule has 4 aromatic rings. The first kappa shape index (κ1) is 36.1. The highest BCUT2D eigenvalue weighted by Crippen LogP contribution is 2.37. The molecule has 7 rings (SSSR count). The van der Waals surface area contributed by atoms with Crippen molar-refractivity contribution < 1.29 is 23.9 Å². The van der Waals surface area contributed by atoms with E-state index in [0.29, 0.717) is 52.3 Å². The van der Waals surface area contributed by atoms with Gasteiger partial charge in [-0.1, -0.05) is 57.5 Å². The van der Waals surface area contributed by atoms with E-state index in [0.717, 1.165) is 69.5 Å². The molecule has 3 fully saturated rings. The van der Waals surface area contributed by atoms with Crippen molar-refractivity contribution in [1.82, 2.24) is 20.0 Å². The van der Waals surface area contributed by atoms with Crippen LogP contribution in [0.4, 0.5) is 16.3 Å². The van der Waals surface area contributed by atoms with Crippen LogP contribution in [0.15, 0.2) is 60.7 Å². The van der Waals surface area contributed by atoms with Gasteiger partial charge < -0.3 is 29.9 Å². The third kappa shape index (κ3) is 8.19. The minimum Gasteiger partial charge on any atom is -0.444 e. The predicted octanol–water partition coefficient (Wildman–Crippen LogP) is 7.20. The van der Waals surface area contributed by atoms with Crippen LogP contribution in [0.3, 0.4) is 0 Å². The molecule has 4 atom stereocenters. The Morgan fingerprint density at radius 2 is 1.69 bits per heavy atom. The third-order valence-corrected chi connectivity index (χ3v) is 12.0. The summed E-state index contributed by atoms with van der Waals surface area (Å²) in [4.78, 5) is 46.6. The van der Waals surface area contributed by atoms with Crippen LogP contribution in [0, 0.1) is 17.8 Å². The van der Waals surface area contributed by atoms with Gasteiger partial charge in [0.05, 0.1) is 34.3 Å². The van der Waals surface area contributed by atoms with Crippen molar-refractivity contribution in [3.8, 4) is 0 Å². The molecule has 2 N–H and O–H groups in total. The molecule has 0 bridgehead atoms. The number of fused-ring (bicyclic) bond motifs is 1. The Labute approximate surface area is 309 Å². The molecule has 1 unspecified atom stereocenters. The predicted molar refractivity (Wildman–Crippen MR) is 204 cm³/mol. The number of ether oxygens (including phenoxy) is 2. The van der Waals surface area contributed by atoms with Gasteiger partial charge in [-0.25, -0.2) is 4.79 Å². The molecule has 1 saturated carbocycles. The van der Waals surface area contributed by atoms with Crippen molar-refractivity contribution in [1.29, 1.82) is 0 Å². The lowest BCUT2D eigenvalue weighted by molar-refractivity contribution is 0.00596. The average molecular weight is 727 g/mol. The monoisotopic (exact) mass is 726 g/mol. The van der Waals surface area contributed by atoms with Gasteiger partial charge in [-0.2, -0.15) is 4.68 Å². The molecule has 4 heterocycles. The summed E-state index contributed by atoms with van der Waals surface area (Å²) in [7, 11) is 0. The summed E-state index contributed by atoms with van der Waals surface area (Å²) in [6.45, 7) is 12.2. The van der Waals surface area contributed by atoms with E-state index in [4.69, 9.17) is 9.47 Å². The second kappa shape index (κ2) is 16.2. The number of nitrogens with one attached hydrogen (secondary N) is 2. The normalized spacial score (nSPS) is 21.7. The minimum atomic E-state index is -0.605. The van der Waals surface area contributed by atoms with Gasteiger partial charge in [0.15, 0.2) is 5.82 Å².